The summed E-state index contributed by atoms with van der Waals surface area (Å²) < 4.78 is 23.8. The number of hydrogen-bond acceptors (Lipinski definition) is 5. The molecule has 1 saturated heterocycles. The lowest BCUT2D eigenvalue weighted by Gasteiger charge is -2.20. The number of halogens is 1. The number of rotatable bonds is 5. The van der Waals surface area contributed by atoms with E-state index in [0.29, 0.717) is 5.82 Å². The van der Waals surface area contributed by atoms with Crippen LogP contribution in [0.5, 0.6) is 11.5 Å². The Labute approximate surface area is 135 Å². The maximum absolute atomic E-state index is 13.2. The van der Waals surface area contributed by atoms with E-state index in [-0.39, 0.29) is 6.04 Å². The highest BCUT2D eigenvalue weighted by Gasteiger charge is 2.23. The topological polar surface area (TPSA) is 46.6 Å². The molecule has 1 atom stereocenters. The molecule has 0 amide bonds. The van der Waals surface area contributed by atoms with Gasteiger partial charge in [-0.15, -0.1) is 0 Å². The van der Waals surface area contributed by atoms with E-state index < -0.39 is 5.95 Å². The molecule has 1 aliphatic rings. The van der Waals surface area contributed by atoms with E-state index in [9.17, 15) is 4.39 Å². The van der Waals surface area contributed by atoms with E-state index in [1.807, 2.05) is 18.2 Å². The molecule has 2 aromatic rings. The van der Waals surface area contributed by atoms with Gasteiger partial charge >= 0.3 is 0 Å². The molecule has 0 radical (unpaired) electrons. The van der Waals surface area contributed by atoms with Gasteiger partial charge in [-0.05, 0) is 18.6 Å². The van der Waals surface area contributed by atoms with E-state index in [4.69, 9.17) is 9.47 Å². The van der Waals surface area contributed by atoms with E-state index >= 15 is 0 Å². The number of ether oxygens (including phenoxy) is 2. The second-order valence-corrected chi connectivity index (χ2v) is 5.49. The van der Waals surface area contributed by atoms with Crippen molar-refractivity contribution < 1.29 is 13.9 Å². The molecule has 1 unspecified atom stereocenters. The summed E-state index contributed by atoms with van der Waals surface area (Å²) in [4.78, 5) is 6.10. The number of methoxy groups -OCH3 is 2. The zero-order chi connectivity index (χ0) is 16.2. The lowest BCUT2D eigenvalue weighted by atomic mass is 10.2. The second-order valence-electron chi connectivity index (χ2n) is 5.49. The van der Waals surface area contributed by atoms with Gasteiger partial charge in [-0.2, -0.15) is 4.39 Å². The van der Waals surface area contributed by atoms with Crippen LogP contribution < -0.4 is 19.7 Å². The molecule has 0 aliphatic carbocycles. The number of hydrogen-bond donors (Lipinski definition) is 1. The number of aromatic nitrogens is 1. The van der Waals surface area contributed by atoms with E-state index in [0.717, 1.165) is 36.7 Å². The zero-order valence-corrected chi connectivity index (χ0v) is 13.3. The van der Waals surface area contributed by atoms with Gasteiger partial charge in [-0.1, -0.05) is 6.07 Å². The number of pyridine rings is 1. The smallest absolute Gasteiger partial charge is 0.214 e. The summed E-state index contributed by atoms with van der Waals surface area (Å²) >= 11 is 0. The summed E-state index contributed by atoms with van der Waals surface area (Å²) in [6.07, 6.45) is 0.956. The summed E-state index contributed by atoms with van der Waals surface area (Å²) in [5.41, 5.74) is 1.05. The predicted octanol–water partition coefficient (Wildman–Crippen LogP) is 2.93. The maximum atomic E-state index is 13.2. The van der Waals surface area contributed by atoms with Crippen molar-refractivity contribution in [1.29, 1.82) is 0 Å². The minimum Gasteiger partial charge on any atom is -0.497 e. The highest BCUT2D eigenvalue weighted by Crippen LogP contribution is 2.30. The number of nitrogens with one attached hydrogen (secondary N) is 1. The Morgan fingerprint density at radius 1 is 1.17 bits per heavy atom. The zero-order valence-electron chi connectivity index (χ0n) is 13.3. The fraction of sp³-hybridized carbons (Fsp3) is 0.353. The van der Waals surface area contributed by atoms with Crippen LogP contribution in [0.4, 0.5) is 15.9 Å². The Hall–Kier alpha value is -2.50. The molecule has 1 aliphatic heterocycles. The van der Waals surface area contributed by atoms with Crippen LogP contribution in [0.15, 0.2) is 36.4 Å². The molecule has 5 nitrogen and oxygen atoms in total. The van der Waals surface area contributed by atoms with Crippen LogP contribution in [0.3, 0.4) is 0 Å². The van der Waals surface area contributed by atoms with Crippen LogP contribution in [0.1, 0.15) is 6.42 Å². The van der Waals surface area contributed by atoms with E-state index in [1.165, 1.54) is 6.07 Å². The fourth-order valence-corrected chi connectivity index (χ4v) is 2.79. The predicted molar refractivity (Wildman–Crippen MR) is 88.0 cm³/mol. The quantitative estimate of drug-likeness (QED) is 0.859. The summed E-state index contributed by atoms with van der Waals surface area (Å²) in [6.45, 7) is 1.72. The fourth-order valence-electron chi connectivity index (χ4n) is 2.79. The van der Waals surface area contributed by atoms with Crippen molar-refractivity contribution in [1.82, 2.24) is 4.98 Å². The lowest BCUT2D eigenvalue weighted by Crippen LogP contribution is -2.26. The average molecular weight is 317 g/mol. The largest absolute Gasteiger partial charge is 0.497 e. The van der Waals surface area contributed by atoms with Crippen molar-refractivity contribution in [2.24, 2.45) is 0 Å². The van der Waals surface area contributed by atoms with Gasteiger partial charge in [0, 0.05) is 43.0 Å². The Bertz CT molecular complexity index is 658. The van der Waals surface area contributed by atoms with Gasteiger partial charge < -0.3 is 19.7 Å². The molecule has 1 aromatic heterocycles. The second kappa shape index (κ2) is 6.73. The summed E-state index contributed by atoms with van der Waals surface area (Å²) in [6, 6.07) is 10.8. The first-order chi connectivity index (χ1) is 11.2. The van der Waals surface area contributed by atoms with Gasteiger partial charge in [-0.25, -0.2) is 4.98 Å². The van der Waals surface area contributed by atoms with Gasteiger partial charge in [0.25, 0.3) is 0 Å². The Balaban J connectivity index is 1.70. The first-order valence-electron chi connectivity index (χ1n) is 7.55. The number of benzene rings is 1. The Kier molecular flexibility index (Phi) is 4.50. The van der Waals surface area contributed by atoms with Crippen molar-refractivity contribution in [2.75, 3.05) is 37.5 Å². The van der Waals surface area contributed by atoms with Gasteiger partial charge in [0.05, 0.1) is 14.2 Å². The highest BCUT2D eigenvalue weighted by molar-refractivity contribution is 5.57. The van der Waals surface area contributed by atoms with Crippen molar-refractivity contribution in [3.8, 4) is 11.5 Å². The normalized spacial score (nSPS) is 17.2. The first-order valence-corrected chi connectivity index (χ1v) is 7.55. The molecule has 6 heteroatoms. The van der Waals surface area contributed by atoms with Crippen molar-refractivity contribution >= 4 is 11.5 Å². The molecular formula is C17H20FN3O2. The number of anilines is 2. The van der Waals surface area contributed by atoms with E-state index in [1.54, 1.807) is 26.4 Å². The Morgan fingerprint density at radius 2 is 1.91 bits per heavy atom. The molecule has 1 fully saturated rings. The molecule has 122 valence electrons. The van der Waals surface area contributed by atoms with Gasteiger partial charge in [0.15, 0.2) is 0 Å². The maximum Gasteiger partial charge on any atom is 0.214 e. The molecule has 1 N–H and O–H groups in total. The molecule has 0 saturated carbocycles. The van der Waals surface area contributed by atoms with Gasteiger partial charge in [0.2, 0.25) is 5.95 Å². The van der Waals surface area contributed by atoms with Crippen LogP contribution in [0.25, 0.3) is 0 Å². The standard InChI is InChI=1S/C17H20FN3O2/c1-22-14-8-13(9-15(10-14)23-2)21-7-6-12(11-21)19-17-5-3-4-16(18)20-17/h3-5,8-10,12H,6-7,11H2,1-2H3,(H,19,20). The first kappa shape index (κ1) is 15.4. The molecule has 3 rings (SSSR count). The van der Waals surface area contributed by atoms with E-state index in [2.05, 4.69) is 15.2 Å². The van der Waals surface area contributed by atoms with Gasteiger partial charge in [-0.3, -0.25) is 0 Å². The van der Waals surface area contributed by atoms with Crippen LogP contribution in [-0.2, 0) is 0 Å². The lowest BCUT2D eigenvalue weighted by molar-refractivity contribution is 0.394. The van der Waals surface area contributed by atoms with Crippen LogP contribution in [0, 0.1) is 5.95 Å². The van der Waals surface area contributed by atoms with Gasteiger partial charge in [0.1, 0.15) is 17.3 Å². The average Bonchev–Trinajstić information content (AvgIpc) is 3.03. The molecular weight excluding hydrogens is 297 g/mol. The Morgan fingerprint density at radius 3 is 2.57 bits per heavy atom. The third kappa shape index (κ3) is 3.64. The van der Waals surface area contributed by atoms with Crippen molar-refractivity contribution in [3.05, 3.63) is 42.3 Å². The van der Waals surface area contributed by atoms with Crippen LogP contribution in [0.2, 0.25) is 0 Å². The molecule has 0 spiro atoms. The van der Waals surface area contributed by atoms with Crippen LogP contribution in [-0.4, -0.2) is 38.3 Å². The molecule has 0 bridgehead atoms. The number of nitrogens with zero attached hydrogens (tertiary/aromatic N) is 2. The third-order valence-electron chi connectivity index (χ3n) is 3.96. The molecule has 1 aromatic carbocycles. The summed E-state index contributed by atoms with van der Waals surface area (Å²) in [7, 11) is 3.28. The SMILES string of the molecule is COc1cc(OC)cc(N2CCC(Nc3cccc(F)n3)C2)c1. The van der Waals surface area contributed by atoms with Crippen molar-refractivity contribution in [3.63, 3.8) is 0 Å². The third-order valence-corrected chi connectivity index (χ3v) is 3.96. The highest BCUT2D eigenvalue weighted by atomic mass is 19.1. The van der Waals surface area contributed by atoms with Crippen molar-refractivity contribution in [2.45, 2.75) is 12.5 Å². The summed E-state index contributed by atoms with van der Waals surface area (Å²) in [5.74, 6) is 1.63. The minimum atomic E-state index is -0.470. The minimum absolute atomic E-state index is 0.224. The van der Waals surface area contributed by atoms with Crippen LogP contribution >= 0.6 is 0 Å². The summed E-state index contributed by atoms with van der Waals surface area (Å²) in [5, 5.41) is 3.28. The molecule has 2 heterocycles. The molecule has 23 heavy (non-hydrogen) atoms. The monoisotopic (exact) mass is 317 g/mol.